The molecule has 0 aliphatic rings. The van der Waals surface area contributed by atoms with Crippen molar-refractivity contribution in [3.8, 4) is 5.75 Å². The van der Waals surface area contributed by atoms with Gasteiger partial charge in [-0.3, -0.25) is 0 Å². The molecule has 5 heteroatoms. The van der Waals surface area contributed by atoms with Crippen molar-refractivity contribution >= 4 is 11.6 Å². The Kier molecular flexibility index (Phi) is 4.78. The van der Waals surface area contributed by atoms with Gasteiger partial charge in [0.1, 0.15) is 12.4 Å². The predicted molar refractivity (Wildman–Crippen MR) is 53.4 cm³/mol. The van der Waals surface area contributed by atoms with Crippen LogP contribution in [0, 0.1) is 11.6 Å². The Balaban J connectivity index is 2.97. The summed E-state index contributed by atoms with van der Waals surface area (Å²) in [6, 6.07) is 1.88. The predicted octanol–water partition coefficient (Wildman–Crippen LogP) is 2.12. The molecule has 1 rings (SSSR count). The van der Waals surface area contributed by atoms with E-state index < -0.39 is 11.6 Å². The zero-order valence-electron chi connectivity index (χ0n) is 7.97. The van der Waals surface area contributed by atoms with E-state index in [1.807, 2.05) is 0 Å². The average Bonchev–Trinajstić information content (AvgIpc) is 2.17. The molecule has 0 aliphatic heterocycles. The molecule has 0 saturated carbocycles. The molecule has 0 amide bonds. The number of rotatable bonds is 5. The van der Waals surface area contributed by atoms with E-state index in [4.69, 9.17) is 21.4 Å². The Morgan fingerprint density at radius 3 is 2.67 bits per heavy atom. The summed E-state index contributed by atoms with van der Waals surface area (Å²) >= 11 is 5.39. The molecular formula is C10H11ClF2O2. The van der Waals surface area contributed by atoms with E-state index in [-0.39, 0.29) is 31.3 Å². The third-order valence-corrected chi connectivity index (χ3v) is 1.94. The fourth-order valence-electron chi connectivity index (χ4n) is 1.22. The SMILES string of the molecule is OCCc1cc(F)cc(F)c1OCCCl. The van der Waals surface area contributed by atoms with Crippen LogP contribution in [0.3, 0.4) is 0 Å². The average molecular weight is 237 g/mol. The van der Waals surface area contributed by atoms with Crippen LogP contribution in [0.15, 0.2) is 12.1 Å². The third-order valence-electron chi connectivity index (χ3n) is 1.79. The molecule has 84 valence electrons. The van der Waals surface area contributed by atoms with Crippen LogP contribution < -0.4 is 4.74 Å². The first-order chi connectivity index (χ1) is 7.19. The second kappa shape index (κ2) is 5.88. The van der Waals surface area contributed by atoms with E-state index in [1.165, 1.54) is 0 Å². The first-order valence-electron chi connectivity index (χ1n) is 4.46. The summed E-state index contributed by atoms with van der Waals surface area (Å²) in [5.41, 5.74) is 0.306. The molecule has 0 saturated heterocycles. The molecule has 0 aromatic heterocycles. The van der Waals surface area contributed by atoms with Gasteiger partial charge in [0.25, 0.3) is 0 Å². The second-order valence-electron chi connectivity index (χ2n) is 2.89. The van der Waals surface area contributed by atoms with Crippen LogP contribution in [0.2, 0.25) is 0 Å². The van der Waals surface area contributed by atoms with Gasteiger partial charge >= 0.3 is 0 Å². The number of hydrogen-bond donors (Lipinski definition) is 1. The maximum atomic E-state index is 13.3. The Bertz CT molecular complexity index is 331. The number of halogens is 3. The maximum Gasteiger partial charge on any atom is 0.168 e. The molecule has 0 spiro atoms. The molecule has 1 N–H and O–H groups in total. The smallest absolute Gasteiger partial charge is 0.168 e. The monoisotopic (exact) mass is 236 g/mol. The fourth-order valence-corrected chi connectivity index (χ4v) is 1.30. The van der Waals surface area contributed by atoms with E-state index >= 15 is 0 Å². The minimum Gasteiger partial charge on any atom is -0.489 e. The van der Waals surface area contributed by atoms with Crippen LogP contribution in [0.5, 0.6) is 5.75 Å². The summed E-state index contributed by atoms with van der Waals surface area (Å²) in [7, 11) is 0. The lowest BCUT2D eigenvalue weighted by molar-refractivity contribution is 0.288. The molecule has 0 fully saturated rings. The van der Waals surface area contributed by atoms with Crippen LogP contribution in [-0.4, -0.2) is 24.2 Å². The molecule has 0 bridgehead atoms. The molecule has 0 unspecified atom stereocenters. The van der Waals surface area contributed by atoms with Crippen molar-refractivity contribution in [3.05, 3.63) is 29.3 Å². The van der Waals surface area contributed by atoms with Gasteiger partial charge < -0.3 is 9.84 Å². The van der Waals surface area contributed by atoms with E-state index in [0.717, 1.165) is 12.1 Å². The molecule has 15 heavy (non-hydrogen) atoms. The Morgan fingerprint density at radius 1 is 1.33 bits per heavy atom. The van der Waals surface area contributed by atoms with Gasteiger partial charge in [-0.1, -0.05) is 0 Å². The number of ether oxygens (including phenoxy) is 1. The summed E-state index contributed by atoms with van der Waals surface area (Å²) < 4.78 is 31.2. The number of alkyl halides is 1. The molecule has 0 heterocycles. The summed E-state index contributed by atoms with van der Waals surface area (Å²) in [4.78, 5) is 0. The normalized spacial score (nSPS) is 10.4. The van der Waals surface area contributed by atoms with Gasteiger partial charge in [-0.2, -0.15) is 0 Å². The largest absolute Gasteiger partial charge is 0.489 e. The van der Waals surface area contributed by atoms with E-state index in [0.29, 0.717) is 5.56 Å². The van der Waals surface area contributed by atoms with Gasteiger partial charge in [0.05, 0.1) is 5.88 Å². The maximum absolute atomic E-state index is 13.3. The van der Waals surface area contributed by atoms with Crippen molar-refractivity contribution in [1.29, 1.82) is 0 Å². The van der Waals surface area contributed by atoms with Crippen molar-refractivity contribution < 1.29 is 18.6 Å². The standard InChI is InChI=1S/C10H11ClF2O2/c11-2-4-15-10-7(1-3-14)5-8(12)6-9(10)13/h5-6,14H,1-4H2. The minimum absolute atomic E-state index is 0.0360. The highest BCUT2D eigenvalue weighted by atomic mass is 35.5. The Morgan fingerprint density at radius 2 is 2.07 bits per heavy atom. The molecule has 2 nitrogen and oxygen atoms in total. The van der Waals surface area contributed by atoms with Crippen molar-refractivity contribution in [1.82, 2.24) is 0 Å². The first-order valence-corrected chi connectivity index (χ1v) is 5.00. The molecule has 1 aromatic carbocycles. The lowest BCUT2D eigenvalue weighted by Crippen LogP contribution is -2.05. The molecule has 1 aromatic rings. The van der Waals surface area contributed by atoms with Crippen molar-refractivity contribution in [2.24, 2.45) is 0 Å². The van der Waals surface area contributed by atoms with Crippen molar-refractivity contribution in [2.75, 3.05) is 19.1 Å². The third kappa shape index (κ3) is 3.32. The van der Waals surface area contributed by atoms with Gasteiger partial charge in [0, 0.05) is 18.2 Å². The number of aliphatic hydroxyl groups excluding tert-OH is 1. The molecule has 0 aliphatic carbocycles. The van der Waals surface area contributed by atoms with E-state index in [2.05, 4.69) is 0 Å². The highest BCUT2D eigenvalue weighted by Crippen LogP contribution is 2.24. The van der Waals surface area contributed by atoms with Gasteiger partial charge in [-0.25, -0.2) is 8.78 Å². The van der Waals surface area contributed by atoms with Crippen LogP contribution in [0.1, 0.15) is 5.56 Å². The molecular weight excluding hydrogens is 226 g/mol. The number of benzene rings is 1. The highest BCUT2D eigenvalue weighted by Gasteiger charge is 2.12. The molecule has 0 radical (unpaired) electrons. The zero-order chi connectivity index (χ0) is 11.3. The van der Waals surface area contributed by atoms with Gasteiger partial charge in [-0.05, 0) is 12.5 Å². The van der Waals surface area contributed by atoms with Crippen LogP contribution >= 0.6 is 11.6 Å². The summed E-state index contributed by atoms with van der Waals surface area (Å²) in [5, 5.41) is 8.72. The van der Waals surface area contributed by atoms with Crippen molar-refractivity contribution in [3.63, 3.8) is 0 Å². The van der Waals surface area contributed by atoms with Crippen LogP contribution in [0.25, 0.3) is 0 Å². The lowest BCUT2D eigenvalue weighted by atomic mass is 10.1. The zero-order valence-corrected chi connectivity index (χ0v) is 8.73. The fraction of sp³-hybridized carbons (Fsp3) is 0.400. The Hall–Kier alpha value is -0.870. The lowest BCUT2D eigenvalue weighted by Gasteiger charge is -2.10. The van der Waals surface area contributed by atoms with Crippen LogP contribution in [-0.2, 0) is 6.42 Å². The topological polar surface area (TPSA) is 29.5 Å². The minimum atomic E-state index is -0.774. The summed E-state index contributed by atoms with van der Waals surface area (Å²) in [6.07, 6.45) is 0.145. The molecule has 0 atom stereocenters. The summed E-state index contributed by atoms with van der Waals surface area (Å²) in [5.74, 6) is -1.28. The number of aliphatic hydroxyl groups is 1. The van der Waals surface area contributed by atoms with E-state index in [1.54, 1.807) is 0 Å². The second-order valence-corrected chi connectivity index (χ2v) is 3.26. The van der Waals surface area contributed by atoms with Gasteiger partial charge in [0.2, 0.25) is 0 Å². The quantitative estimate of drug-likeness (QED) is 0.794. The highest BCUT2D eigenvalue weighted by molar-refractivity contribution is 6.18. The van der Waals surface area contributed by atoms with Crippen molar-refractivity contribution in [2.45, 2.75) is 6.42 Å². The first kappa shape index (κ1) is 12.2. The Labute approximate surface area is 91.4 Å². The van der Waals surface area contributed by atoms with Gasteiger partial charge in [0.15, 0.2) is 11.6 Å². The van der Waals surface area contributed by atoms with Crippen LogP contribution in [0.4, 0.5) is 8.78 Å². The van der Waals surface area contributed by atoms with Gasteiger partial charge in [-0.15, -0.1) is 11.6 Å². The number of hydrogen-bond acceptors (Lipinski definition) is 2. The van der Waals surface area contributed by atoms with E-state index in [9.17, 15) is 8.78 Å². The summed E-state index contributed by atoms with van der Waals surface area (Å²) in [6.45, 7) is -0.0529.